The van der Waals surface area contributed by atoms with Crippen LogP contribution in [0.25, 0.3) is 16.7 Å². The van der Waals surface area contributed by atoms with E-state index < -0.39 is 5.67 Å². The summed E-state index contributed by atoms with van der Waals surface area (Å²) in [6.45, 7) is 2.47. The second kappa shape index (κ2) is 4.72. The number of hydrogen-bond donors (Lipinski definition) is 1. The van der Waals surface area contributed by atoms with Gasteiger partial charge in [0.2, 0.25) is 0 Å². The highest BCUT2D eigenvalue weighted by molar-refractivity contribution is 6.30. The molecule has 0 unspecified atom stereocenters. The van der Waals surface area contributed by atoms with Crippen LogP contribution in [0.2, 0.25) is 5.15 Å². The molecule has 1 aliphatic rings. The first-order chi connectivity index (χ1) is 10.6. The Balaban J connectivity index is 1.89. The lowest BCUT2D eigenvalue weighted by Crippen LogP contribution is -2.54. The summed E-state index contributed by atoms with van der Waals surface area (Å²) in [7, 11) is 0. The molecule has 1 N–H and O–H groups in total. The van der Waals surface area contributed by atoms with Gasteiger partial charge in [-0.1, -0.05) is 17.7 Å². The zero-order valence-corrected chi connectivity index (χ0v) is 12.6. The number of halogens is 2. The number of aromatic nitrogens is 4. The van der Waals surface area contributed by atoms with Crippen LogP contribution in [0.4, 0.5) is 4.39 Å². The van der Waals surface area contributed by atoms with Gasteiger partial charge in [0, 0.05) is 30.7 Å². The molecule has 0 aromatic carbocycles. The van der Waals surface area contributed by atoms with Crippen molar-refractivity contribution in [2.75, 3.05) is 13.1 Å². The van der Waals surface area contributed by atoms with Crippen LogP contribution in [0.15, 0.2) is 30.5 Å². The number of nitrogens with one attached hydrogen (secondary N) is 1. The summed E-state index contributed by atoms with van der Waals surface area (Å²) in [6.07, 6.45) is 1.69. The molecule has 1 saturated heterocycles. The van der Waals surface area contributed by atoms with Crippen LogP contribution in [0.5, 0.6) is 0 Å². The summed E-state index contributed by atoms with van der Waals surface area (Å²) < 4.78 is 16.2. The van der Waals surface area contributed by atoms with Crippen molar-refractivity contribution in [1.29, 1.82) is 0 Å². The summed E-state index contributed by atoms with van der Waals surface area (Å²) in [5.74, 6) is 0.571. The maximum absolute atomic E-state index is 14.5. The van der Waals surface area contributed by atoms with Crippen molar-refractivity contribution in [3.63, 3.8) is 0 Å². The van der Waals surface area contributed by atoms with Gasteiger partial charge in [-0.2, -0.15) is 5.10 Å². The monoisotopic (exact) mass is 317 g/mol. The number of nitrogens with zero attached hydrogens (tertiary/aromatic N) is 4. The number of pyridine rings is 2. The Kier molecular flexibility index (Phi) is 2.92. The fourth-order valence-corrected chi connectivity index (χ4v) is 2.78. The summed E-state index contributed by atoms with van der Waals surface area (Å²) in [6, 6.07) is 7.04. The molecule has 0 saturated carbocycles. The molecular formula is C15H13ClFN5. The van der Waals surface area contributed by atoms with Gasteiger partial charge < -0.3 is 5.32 Å². The molecule has 0 bridgehead atoms. The largest absolute Gasteiger partial charge is 0.309 e. The van der Waals surface area contributed by atoms with Crippen molar-refractivity contribution in [1.82, 2.24) is 25.1 Å². The van der Waals surface area contributed by atoms with Gasteiger partial charge in [-0.3, -0.25) is 0 Å². The molecule has 3 aromatic heterocycles. The van der Waals surface area contributed by atoms with Crippen molar-refractivity contribution in [3.05, 3.63) is 47.0 Å². The molecule has 7 heteroatoms. The van der Waals surface area contributed by atoms with Crippen LogP contribution in [-0.2, 0) is 5.67 Å². The molecule has 4 rings (SSSR count). The first-order valence-corrected chi connectivity index (χ1v) is 7.33. The fourth-order valence-electron chi connectivity index (χ4n) is 2.62. The molecule has 3 aromatic rings. The standard InChI is InChI=1S/C15H13ClFN5/c1-9-10-6-19-13(16)5-11(10)22(21-9)14-4-2-3-12(20-14)15(17)7-18-8-15/h2-6,18H,7-8H2,1H3. The lowest BCUT2D eigenvalue weighted by Gasteiger charge is -2.34. The van der Waals surface area contributed by atoms with Gasteiger partial charge >= 0.3 is 0 Å². The Hall–Kier alpha value is -2.05. The van der Waals surface area contributed by atoms with Crippen LogP contribution in [0.3, 0.4) is 0 Å². The summed E-state index contributed by atoms with van der Waals surface area (Å²) in [5, 5.41) is 8.71. The van der Waals surface area contributed by atoms with E-state index in [4.69, 9.17) is 11.6 Å². The fraction of sp³-hybridized carbons (Fsp3) is 0.267. The number of alkyl halides is 1. The molecule has 0 radical (unpaired) electrons. The van der Waals surface area contributed by atoms with Gasteiger partial charge in [0.15, 0.2) is 11.5 Å². The van der Waals surface area contributed by atoms with Crippen LogP contribution in [0.1, 0.15) is 11.4 Å². The summed E-state index contributed by atoms with van der Waals surface area (Å²) >= 11 is 5.98. The number of hydrogen-bond acceptors (Lipinski definition) is 4. The molecule has 0 atom stereocenters. The van der Waals surface area contributed by atoms with Crippen molar-refractivity contribution >= 4 is 22.5 Å². The number of fused-ring (bicyclic) bond motifs is 1. The molecule has 1 aliphatic heterocycles. The average Bonchev–Trinajstić information content (AvgIpc) is 2.81. The summed E-state index contributed by atoms with van der Waals surface area (Å²) in [4.78, 5) is 8.53. The van der Waals surface area contributed by atoms with Crippen molar-refractivity contribution in [2.24, 2.45) is 0 Å². The predicted octanol–water partition coefficient (Wildman–Crippen LogP) is 2.55. The van der Waals surface area contributed by atoms with E-state index in [1.165, 1.54) is 0 Å². The third kappa shape index (κ3) is 1.99. The Morgan fingerprint density at radius 2 is 2.18 bits per heavy atom. The minimum atomic E-state index is -1.40. The highest BCUT2D eigenvalue weighted by Crippen LogP contribution is 2.29. The van der Waals surface area contributed by atoms with E-state index in [0.717, 1.165) is 16.6 Å². The predicted molar refractivity (Wildman–Crippen MR) is 82.1 cm³/mol. The molecule has 4 heterocycles. The van der Waals surface area contributed by atoms with E-state index in [9.17, 15) is 4.39 Å². The lowest BCUT2D eigenvalue weighted by molar-refractivity contribution is 0.0840. The average molecular weight is 318 g/mol. The number of rotatable bonds is 2. The minimum absolute atomic E-state index is 0.290. The molecule has 112 valence electrons. The van der Waals surface area contributed by atoms with Crippen molar-refractivity contribution < 1.29 is 4.39 Å². The smallest absolute Gasteiger partial charge is 0.177 e. The normalized spacial score (nSPS) is 16.7. The SMILES string of the molecule is Cc1nn(-c2cccc(C3(F)CNC3)n2)c2cc(Cl)ncc12. The van der Waals surface area contributed by atoms with Gasteiger partial charge in [0.05, 0.1) is 16.9 Å². The van der Waals surface area contributed by atoms with Gasteiger partial charge in [0.1, 0.15) is 5.15 Å². The lowest BCUT2D eigenvalue weighted by atomic mass is 9.95. The maximum Gasteiger partial charge on any atom is 0.177 e. The third-order valence-electron chi connectivity index (χ3n) is 3.94. The first-order valence-electron chi connectivity index (χ1n) is 6.95. The van der Waals surface area contributed by atoms with E-state index in [2.05, 4.69) is 20.4 Å². The minimum Gasteiger partial charge on any atom is -0.309 e. The van der Waals surface area contributed by atoms with Crippen LogP contribution in [0, 0.1) is 6.92 Å². The maximum atomic E-state index is 14.5. The zero-order valence-electron chi connectivity index (χ0n) is 11.8. The molecule has 0 spiro atoms. The van der Waals surface area contributed by atoms with Gasteiger partial charge in [-0.25, -0.2) is 19.0 Å². The molecular weight excluding hydrogens is 305 g/mol. The highest BCUT2D eigenvalue weighted by Gasteiger charge is 2.40. The van der Waals surface area contributed by atoms with E-state index >= 15 is 0 Å². The quantitative estimate of drug-likeness (QED) is 0.738. The second-order valence-electron chi connectivity index (χ2n) is 5.47. The van der Waals surface area contributed by atoms with E-state index in [-0.39, 0.29) is 13.1 Å². The van der Waals surface area contributed by atoms with Gasteiger partial charge in [0.25, 0.3) is 0 Å². The van der Waals surface area contributed by atoms with E-state index in [1.807, 2.05) is 6.92 Å². The Labute approximate surface area is 131 Å². The summed E-state index contributed by atoms with van der Waals surface area (Å²) in [5.41, 5.74) is 0.659. The van der Waals surface area contributed by atoms with Gasteiger partial charge in [-0.15, -0.1) is 0 Å². The van der Waals surface area contributed by atoms with Crippen LogP contribution < -0.4 is 5.32 Å². The second-order valence-corrected chi connectivity index (χ2v) is 5.86. The molecule has 5 nitrogen and oxygen atoms in total. The Morgan fingerprint density at radius 3 is 2.91 bits per heavy atom. The Morgan fingerprint density at radius 1 is 1.36 bits per heavy atom. The van der Waals surface area contributed by atoms with Crippen molar-refractivity contribution in [2.45, 2.75) is 12.6 Å². The first kappa shape index (κ1) is 13.6. The van der Waals surface area contributed by atoms with E-state index in [1.54, 1.807) is 35.1 Å². The highest BCUT2D eigenvalue weighted by atomic mass is 35.5. The van der Waals surface area contributed by atoms with Crippen LogP contribution >= 0.6 is 11.6 Å². The molecule has 22 heavy (non-hydrogen) atoms. The molecule has 0 amide bonds. The van der Waals surface area contributed by atoms with E-state index in [0.29, 0.717) is 16.7 Å². The molecule has 0 aliphatic carbocycles. The zero-order chi connectivity index (χ0) is 15.3. The topological polar surface area (TPSA) is 55.6 Å². The Bertz CT molecular complexity index is 871. The van der Waals surface area contributed by atoms with Crippen molar-refractivity contribution in [3.8, 4) is 5.82 Å². The number of aryl methyl sites for hydroxylation is 1. The van der Waals surface area contributed by atoms with Crippen LogP contribution in [-0.4, -0.2) is 32.8 Å². The van der Waals surface area contributed by atoms with Gasteiger partial charge in [-0.05, 0) is 19.1 Å². The third-order valence-corrected chi connectivity index (χ3v) is 4.14. The molecule has 1 fully saturated rings.